The molecule has 0 atom stereocenters. The van der Waals surface area contributed by atoms with Crippen LogP contribution in [-0.2, 0) is 0 Å². The highest BCUT2D eigenvalue weighted by molar-refractivity contribution is 6.19. The number of halogens is 1. The lowest BCUT2D eigenvalue weighted by molar-refractivity contribution is 0.0986. The quantitative estimate of drug-likeness (QED) is 0.599. The van der Waals surface area contributed by atoms with Crippen LogP contribution in [0, 0.1) is 6.92 Å². The van der Waals surface area contributed by atoms with Crippen LogP contribution in [0.5, 0.6) is 5.75 Å². The summed E-state index contributed by atoms with van der Waals surface area (Å²) in [5.74, 6) is 0.203. The molecule has 0 aliphatic carbocycles. The van der Waals surface area contributed by atoms with Crippen LogP contribution in [0.1, 0.15) is 22.3 Å². The molecule has 1 aromatic carbocycles. The van der Waals surface area contributed by atoms with Gasteiger partial charge in [-0.25, -0.2) is 0 Å². The molecular formula is C10H11ClO2. The number of rotatable bonds is 3. The molecule has 0 aliphatic rings. The Balaban J connectivity index is 2.95. The lowest BCUT2D eigenvalue weighted by Crippen LogP contribution is -2.00. The number of benzene rings is 1. The van der Waals surface area contributed by atoms with Crippen molar-refractivity contribution in [1.82, 2.24) is 0 Å². The van der Waals surface area contributed by atoms with E-state index in [2.05, 4.69) is 0 Å². The zero-order valence-corrected chi connectivity index (χ0v) is 8.14. The topological polar surface area (TPSA) is 37.3 Å². The maximum atomic E-state index is 11.3. The van der Waals surface area contributed by atoms with E-state index in [1.807, 2.05) is 6.92 Å². The Hall–Kier alpha value is -1.02. The van der Waals surface area contributed by atoms with Crippen molar-refractivity contribution in [2.24, 2.45) is 0 Å². The second-order valence-electron chi connectivity index (χ2n) is 2.88. The summed E-state index contributed by atoms with van der Waals surface area (Å²) in [6, 6.07) is 4.99. The van der Waals surface area contributed by atoms with Gasteiger partial charge in [0.1, 0.15) is 5.75 Å². The minimum atomic E-state index is -0.118. The maximum Gasteiger partial charge on any atom is 0.167 e. The Morgan fingerprint density at radius 3 is 2.77 bits per heavy atom. The number of phenols is 1. The number of alkyl halides is 1. The normalized spacial score (nSPS) is 10.0. The lowest BCUT2D eigenvalue weighted by atomic mass is 10.1. The van der Waals surface area contributed by atoms with Gasteiger partial charge in [0.2, 0.25) is 0 Å². The van der Waals surface area contributed by atoms with Crippen LogP contribution >= 0.6 is 11.6 Å². The summed E-state index contributed by atoms with van der Waals surface area (Å²) in [5.41, 5.74) is 1.28. The van der Waals surface area contributed by atoms with Crippen LogP contribution in [0.2, 0.25) is 0 Å². The minimum Gasteiger partial charge on any atom is -0.507 e. The number of hydrogen-bond acceptors (Lipinski definition) is 2. The van der Waals surface area contributed by atoms with Gasteiger partial charge in [0.05, 0.1) is 5.56 Å². The van der Waals surface area contributed by atoms with Crippen LogP contribution in [-0.4, -0.2) is 16.8 Å². The molecule has 0 bridgehead atoms. The lowest BCUT2D eigenvalue weighted by Gasteiger charge is -2.02. The summed E-state index contributed by atoms with van der Waals surface area (Å²) in [5, 5.41) is 9.42. The van der Waals surface area contributed by atoms with Gasteiger partial charge in [-0.2, -0.15) is 0 Å². The average molecular weight is 199 g/mol. The first-order valence-corrected chi connectivity index (χ1v) is 4.57. The molecule has 70 valence electrons. The second-order valence-corrected chi connectivity index (χ2v) is 3.26. The van der Waals surface area contributed by atoms with Gasteiger partial charge in [-0.3, -0.25) is 4.79 Å². The Morgan fingerprint density at radius 1 is 1.54 bits per heavy atom. The molecule has 0 aliphatic heterocycles. The van der Waals surface area contributed by atoms with E-state index in [-0.39, 0.29) is 23.8 Å². The highest BCUT2D eigenvalue weighted by Gasteiger charge is 2.09. The number of phenolic OH excluding ortho intramolecular Hbond substituents is 1. The van der Waals surface area contributed by atoms with E-state index in [0.717, 1.165) is 5.56 Å². The Labute approximate surface area is 82.2 Å². The summed E-state index contributed by atoms with van der Waals surface area (Å²) in [6.07, 6.45) is 0.262. The molecule has 1 rings (SSSR count). The smallest absolute Gasteiger partial charge is 0.167 e. The third-order valence-corrected chi connectivity index (χ3v) is 1.96. The first kappa shape index (κ1) is 10.1. The molecule has 0 heterocycles. The Kier molecular flexibility index (Phi) is 3.32. The minimum absolute atomic E-state index is 0.0371. The zero-order valence-electron chi connectivity index (χ0n) is 7.38. The molecule has 3 heteroatoms. The largest absolute Gasteiger partial charge is 0.507 e. The van der Waals surface area contributed by atoms with Gasteiger partial charge in [-0.05, 0) is 24.6 Å². The van der Waals surface area contributed by atoms with Crippen molar-refractivity contribution in [2.75, 3.05) is 5.88 Å². The van der Waals surface area contributed by atoms with Gasteiger partial charge < -0.3 is 5.11 Å². The summed E-state index contributed by atoms with van der Waals surface area (Å²) in [7, 11) is 0. The number of ketones is 1. The number of Topliss-reactive ketones (excluding diaryl/α,β-unsaturated/α-hetero) is 1. The van der Waals surface area contributed by atoms with E-state index in [4.69, 9.17) is 11.6 Å². The second kappa shape index (κ2) is 4.28. The molecule has 0 fully saturated rings. The molecule has 0 aromatic heterocycles. The molecule has 2 nitrogen and oxygen atoms in total. The standard InChI is InChI=1S/C10H11ClO2/c1-7-2-3-8(10(13)6-7)9(12)4-5-11/h2-3,6,13H,4-5H2,1H3. The van der Waals surface area contributed by atoms with Gasteiger partial charge in [0.15, 0.2) is 5.78 Å². The van der Waals surface area contributed by atoms with Crippen LogP contribution in [0.25, 0.3) is 0 Å². The van der Waals surface area contributed by atoms with E-state index in [9.17, 15) is 9.90 Å². The van der Waals surface area contributed by atoms with Crippen LogP contribution in [0.15, 0.2) is 18.2 Å². The maximum absolute atomic E-state index is 11.3. The fourth-order valence-electron chi connectivity index (χ4n) is 1.10. The SMILES string of the molecule is Cc1ccc(C(=O)CCCl)c(O)c1. The van der Waals surface area contributed by atoms with Gasteiger partial charge in [-0.1, -0.05) is 6.07 Å². The van der Waals surface area contributed by atoms with E-state index in [1.54, 1.807) is 18.2 Å². The summed E-state index contributed by atoms with van der Waals surface area (Å²) in [4.78, 5) is 11.3. The van der Waals surface area contributed by atoms with Crippen molar-refractivity contribution in [3.8, 4) is 5.75 Å². The number of aromatic hydroxyl groups is 1. The predicted molar refractivity (Wildman–Crippen MR) is 52.5 cm³/mol. The Bertz CT molecular complexity index is 321. The fraction of sp³-hybridized carbons (Fsp3) is 0.300. The zero-order chi connectivity index (χ0) is 9.84. The molecule has 0 saturated heterocycles. The highest BCUT2D eigenvalue weighted by atomic mass is 35.5. The third-order valence-electron chi connectivity index (χ3n) is 1.78. The predicted octanol–water partition coefficient (Wildman–Crippen LogP) is 2.51. The van der Waals surface area contributed by atoms with Crippen molar-refractivity contribution >= 4 is 17.4 Å². The summed E-state index contributed by atoms with van der Waals surface area (Å²) >= 11 is 5.43. The van der Waals surface area contributed by atoms with Crippen molar-refractivity contribution in [3.63, 3.8) is 0 Å². The summed E-state index contributed by atoms with van der Waals surface area (Å²) in [6.45, 7) is 1.86. The van der Waals surface area contributed by atoms with Gasteiger partial charge in [-0.15, -0.1) is 11.6 Å². The monoisotopic (exact) mass is 198 g/mol. The first-order chi connectivity index (χ1) is 6.15. The van der Waals surface area contributed by atoms with Gasteiger partial charge >= 0.3 is 0 Å². The fourth-order valence-corrected chi connectivity index (χ4v) is 1.27. The Morgan fingerprint density at radius 2 is 2.23 bits per heavy atom. The van der Waals surface area contributed by atoms with Gasteiger partial charge in [0, 0.05) is 12.3 Å². The van der Waals surface area contributed by atoms with E-state index in [0.29, 0.717) is 5.56 Å². The third kappa shape index (κ3) is 2.46. The van der Waals surface area contributed by atoms with E-state index >= 15 is 0 Å². The molecule has 0 unspecified atom stereocenters. The van der Waals surface area contributed by atoms with Gasteiger partial charge in [0.25, 0.3) is 0 Å². The highest BCUT2D eigenvalue weighted by Crippen LogP contribution is 2.19. The van der Waals surface area contributed by atoms with E-state index in [1.165, 1.54) is 0 Å². The van der Waals surface area contributed by atoms with Crippen LogP contribution in [0.3, 0.4) is 0 Å². The molecular weight excluding hydrogens is 188 g/mol. The first-order valence-electron chi connectivity index (χ1n) is 4.04. The number of hydrogen-bond donors (Lipinski definition) is 1. The van der Waals surface area contributed by atoms with Crippen molar-refractivity contribution in [2.45, 2.75) is 13.3 Å². The molecule has 0 radical (unpaired) electrons. The van der Waals surface area contributed by atoms with Crippen molar-refractivity contribution < 1.29 is 9.90 Å². The van der Waals surface area contributed by atoms with Crippen LogP contribution < -0.4 is 0 Å². The molecule has 1 N–H and O–H groups in total. The average Bonchev–Trinajstić information content (AvgIpc) is 2.04. The molecule has 0 saturated carbocycles. The number of aryl methyl sites for hydroxylation is 1. The molecule has 1 aromatic rings. The summed E-state index contributed by atoms with van der Waals surface area (Å²) < 4.78 is 0. The van der Waals surface area contributed by atoms with Crippen molar-refractivity contribution in [3.05, 3.63) is 29.3 Å². The molecule has 0 spiro atoms. The number of carbonyl (C=O) groups excluding carboxylic acids is 1. The molecule has 0 amide bonds. The molecule has 13 heavy (non-hydrogen) atoms. The van der Waals surface area contributed by atoms with E-state index < -0.39 is 0 Å². The van der Waals surface area contributed by atoms with Crippen molar-refractivity contribution in [1.29, 1.82) is 0 Å². The number of carbonyl (C=O) groups is 1. The van der Waals surface area contributed by atoms with Crippen LogP contribution in [0.4, 0.5) is 0 Å².